The maximum atomic E-state index is 11.6. The van der Waals surface area contributed by atoms with Gasteiger partial charge in [-0.2, -0.15) is 10.2 Å². The molecular weight excluding hydrogens is 194 g/mol. The van der Waals surface area contributed by atoms with Crippen molar-refractivity contribution in [2.75, 3.05) is 6.54 Å². The summed E-state index contributed by atoms with van der Waals surface area (Å²) < 4.78 is 0. The molecular formula is C10H15N3O2. The van der Waals surface area contributed by atoms with Crippen LogP contribution in [0.25, 0.3) is 0 Å². The number of carbonyl (C=O) groups is 1. The van der Waals surface area contributed by atoms with Crippen LogP contribution in [0.15, 0.2) is 6.07 Å². The number of hydrogen-bond acceptors (Lipinski definition) is 4. The van der Waals surface area contributed by atoms with Crippen LogP contribution in [-0.2, 0) is 0 Å². The summed E-state index contributed by atoms with van der Waals surface area (Å²) in [6.45, 7) is 5.35. The van der Waals surface area contributed by atoms with Crippen molar-refractivity contribution in [3.8, 4) is 0 Å². The Hall–Kier alpha value is -1.49. The fourth-order valence-corrected chi connectivity index (χ4v) is 1.12. The zero-order valence-electron chi connectivity index (χ0n) is 9.11. The third kappa shape index (κ3) is 3.28. The molecule has 0 radical (unpaired) electrons. The van der Waals surface area contributed by atoms with Crippen molar-refractivity contribution in [3.63, 3.8) is 0 Å². The molecule has 5 heteroatoms. The zero-order chi connectivity index (χ0) is 11.4. The van der Waals surface area contributed by atoms with E-state index in [1.165, 1.54) is 0 Å². The second-order valence-corrected chi connectivity index (χ2v) is 3.54. The fourth-order valence-electron chi connectivity index (χ4n) is 1.12. The lowest BCUT2D eigenvalue weighted by atomic mass is 10.2. The van der Waals surface area contributed by atoms with Gasteiger partial charge in [0.1, 0.15) is 0 Å². The van der Waals surface area contributed by atoms with E-state index in [0.29, 0.717) is 17.0 Å². The van der Waals surface area contributed by atoms with Crippen molar-refractivity contribution in [2.24, 2.45) is 0 Å². The second kappa shape index (κ2) is 4.84. The standard InChI is InChI=1S/C10H15N3O2/c1-6-4-9(8(3)13-12-6)10(15)11-5-7(2)14/h4,7,14H,5H2,1-3H3,(H,11,15)/t7-/m0/s1. The zero-order valence-corrected chi connectivity index (χ0v) is 9.11. The normalized spacial score (nSPS) is 12.3. The number of aliphatic hydroxyl groups is 1. The highest BCUT2D eigenvalue weighted by atomic mass is 16.3. The number of nitrogens with one attached hydrogen (secondary N) is 1. The Morgan fingerprint density at radius 3 is 2.80 bits per heavy atom. The quantitative estimate of drug-likeness (QED) is 0.746. The molecule has 1 amide bonds. The van der Waals surface area contributed by atoms with Gasteiger partial charge in [-0.15, -0.1) is 0 Å². The van der Waals surface area contributed by atoms with E-state index in [1.54, 1.807) is 26.8 Å². The van der Waals surface area contributed by atoms with Crippen LogP contribution in [0, 0.1) is 13.8 Å². The Morgan fingerprint density at radius 2 is 2.20 bits per heavy atom. The topological polar surface area (TPSA) is 75.1 Å². The van der Waals surface area contributed by atoms with Crippen LogP contribution in [-0.4, -0.2) is 33.9 Å². The van der Waals surface area contributed by atoms with E-state index in [9.17, 15) is 4.79 Å². The van der Waals surface area contributed by atoms with E-state index < -0.39 is 6.10 Å². The summed E-state index contributed by atoms with van der Waals surface area (Å²) in [7, 11) is 0. The van der Waals surface area contributed by atoms with Crippen LogP contribution in [0.3, 0.4) is 0 Å². The summed E-state index contributed by atoms with van der Waals surface area (Å²) in [4.78, 5) is 11.6. The van der Waals surface area contributed by atoms with Crippen molar-refractivity contribution in [1.29, 1.82) is 0 Å². The molecule has 0 saturated carbocycles. The number of hydrogen-bond donors (Lipinski definition) is 2. The summed E-state index contributed by atoms with van der Waals surface area (Å²) >= 11 is 0. The summed E-state index contributed by atoms with van der Waals surface area (Å²) in [5.41, 5.74) is 1.79. The Bertz CT molecular complexity index is 364. The molecule has 0 aromatic carbocycles. The molecule has 0 saturated heterocycles. The van der Waals surface area contributed by atoms with Crippen LogP contribution in [0.5, 0.6) is 0 Å². The SMILES string of the molecule is Cc1cc(C(=O)NC[C@H](C)O)c(C)nn1. The number of aliphatic hydroxyl groups excluding tert-OH is 1. The monoisotopic (exact) mass is 209 g/mol. The van der Waals surface area contributed by atoms with Crippen molar-refractivity contribution >= 4 is 5.91 Å². The van der Waals surface area contributed by atoms with Crippen molar-refractivity contribution in [1.82, 2.24) is 15.5 Å². The molecule has 0 fully saturated rings. The van der Waals surface area contributed by atoms with Gasteiger partial charge in [0.05, 0.1) is 23.1 Å². The highest BCUT2D eigenvalue weighted by Gasteiger charge is 2.11. The molecule has 5 nitrogen and oxygen atoms in total. The summed E-state index contributed by atoms with van der Waals surface area (Å²) in [5.74, 6) is -0.230. The van der Waals surface area contributed by atoms with Crippen LogP contribution in [0.1, 0.15) is 28.7 Å². The van der Waals surface area contributed by atoms with Gasteiger partial charge in [0.15, 0.2) is 0 Å². The van der Waals surface area contributed by atoms with E-state index in [0.717, 1.165) is 0 Å². The van der Waals surface area contributed by atoms with E-state index in [-0.39, 0.29) is 12.5 Å². The molecule has 0 aliphatic carbocycles. The van der Waals surface area contributed by atoms with Gasteiger partial charge in [0.2, 0.25) is 0 Å². The Kier molecular flexibility index (Phi) is 3.74. The average Bonchev–Trinajstić information content (AvgIpc) is 2.18. The van der Waals surface area contributed by atoms with E-state index >= 15 is 0 Å². The molecule has 1 rings (SSSR count). The van der Waals surface area contributed by atoms with Crippen LogP contribution < -0.4 is 5.32 Å². The van der Waals surface area contributed by atoms with Crippen molar-refractivity contribution in [3.05, 3.63) is 23.0 Å². The molecule has 1 atom stereocenters. The van der Waals surface area contributed by atoms with Crippen LogP contribution >= 0.6 is 0 Å². The van der Waals surface area contributed by atoms with Gasteiger partial charge in [0.25, 0.3) is 5.91 Å². The molecule has 82 valence electrons. The first-order valence-corrected chi connectivity index (χ1v) is 4.78. The molecule has 0 spiro atoms. The second-order valence-electron chi connectivity index (χ2n) is 3.54. The molecule has 0 aliphatic rings. The Labute approximate surface area is 88.5 Å². The van der Waals surface area contributed by atoms with Gasteiger partial charge >= 0.3 is 0 Å². The van der Waals surface area contributed by atoms with Crippen LogP contribution in [0.4, 0.5) is 0 Å². The maximum absolute atomic E-state index is 11.6. The van der Waals surface area contributed by atoms with E-state index in [4.69, 9.17) is 5.11 Å². The Balaban J connectivity index is 2.77. The third-order valence-electron chi connectivity index (χ3n) is 1.90. The van der Waals surface area contributed by atoms with Gasteiger partial charge < -0.3 is 10.4 Å². The number of amides is 1. The van der Waals surface area contributed by atoms with Crippen molar-refractivity contribution in [2.45, 2.75) is 26.9 Å². The Morgan fingerprint density at radius 1 is 1.53 bits per heavy atom. The molecule has 0 unspecified atom stereocenters. The lowest BCUT2D eigenvalue weighted by Crippen LogP contribution is -2.31. The minimum Gasteiger partial charge on any atom is -0.392 e. The number of rotatable bonds is 3. The average molecular weight is 209 g/mol. The largest absolute Gasteiger partial charge is 0.392 e. The highest BCUT2D eigenvalue weighted by molar-refractivity contribution is 5.95. The third-order valence-corrected chi connectivity index (χ3v) is 1.90. The molecule has 1 heterocycles. The van der Waals surface area contributed by atoms with Gasteiger partial charge in [-0.25, -0.2) is 0 Å². The first-order chi connectivity index (χ1) is 7.00. The van der Waals surface area contributed by atoms with Gasteiger partial charge in [-0.05, 0) is 26.8 Å². The number of nitrogens with zero attached hydrogens (tertiary/aromatic N) is 2. The van der Waals surface area contributed by atoms with Crippen LogP contribution in [0.2, 0.25) is 0 Å². The van der Waals surface area contributed by atoms with Gasteiger partial charge in [-0.1, -0.05) is 0 Å². The molecule has 0 aliphatic heterocycles. The molecule has 1 aromatic heterocycles. The predicted octanol–water partition coefficient (Wildman–Crippen LogP) is 0.204. The van der Waals surface area contributed by atoms with Crippen molar-refractivity contribution < 1.29 is 9.90 Å². The first kappa shape index (κ1) is 11.6. The van der Waals surface area contributed by atoms with Gasteiger partial charge in [-0.3, -0.25) is 4.79 Å². The highest BCUT2D eigenvalue weighted by Crippen LogP contribution is 2.04. The number of aryl methyl sites for hydroxylation is 2. The smallest absolute Gasteiger partial charge is 0.253 e. The predicted molar refractivity (Wildman–Crippen MR) is 55.5 cm³/mol. The molecule has 1 aromatic rings. The minimum absolute atomic E-state index is 0.230. The fraction of sp³-hybridized carbons (Fsp3) is 0.500. The first-order valence-electron chi connectivity index (χ1n) is 4.78. The minimum atomic E-state index is -0.551. The van der Waals surface area contributed by atoms with E-state index in [2.05, 4.69) is 15.5 Å². The summed E-state index contributed by atoms with van der Waals surface area (Å²) in [5, 5.41) is 19.3. The molecule has 2 N–H and O–H groups in total. The summed E-state index contributed by atoms with van der Waals surface area (Å²) in [6, 6.07) is 1.68. The molecule has 15 heavy (non-hydrogen) atoms. The number of carbonyl (C=O) groups excluding carboxylic acids is 1. The maximum Gasteiger partial charge on any atom is 0.253 e. The lowest BCUT2D eigenvalue weighted by molar-refractivity contribution is 0.0922. The lowest BCUT2D eigenvalue weighted by Gasteiger charge is -2.08. The summed E-state index contributed by atoms with van der Waals surface area (Å²) in [6.07, 6.45) is -0.551. The van der Waals surface area contributed by atoms with Gasteiger partial charge in [0, 0.05) is 6.54 Å². The van der Waals surface area contributed by atoms with E-state index in [1.807, 2.05) is 0 Å². The molecule has 0 bridgehead atoms. The number of aromatic nitrogens is 2.